The van der Waals surface area contributed by atoms with Gasteiger partial charge in [-0.2, -0.15) is 0 Å². The Hall–Kier alpha value is -3.69. The van der Waals surface area contributed by atoms with Gasteiger partial charge in [-0.1, -0.05) is 19.1 Å². The second-order valence-corrected chi connectivity index (χ2v) is 8.92. The van der Waals surface area contributed by atoms with E-state index in [1.807, 2.05) is 49.4 Å². The zero-order chi connectivity index (χ0) is 25.1. The molecule has 2 aromatic carbocycles. The smallest absolute Gasteiger partial charge is 0.326 e. The number of nitrogens with two attached hydrogens (primary N) is 1. The Morgan fingerprint density at radius 1 is 1.11 bits per heavy atom. The lowest BCUT2D eigenvalue weighted by atomic mass is 10.1. The van der Waals surface area contributed by atoms with Crippen LogP contribution >= 0.6 is 0 Å². The zero-order valence-electron chi connectivity index (χ0n) is 20.4. The monoisotopic (exact) mass is 476 g/mol. The fraction of sp³-hybridized carbons (Fsp3) is 0.346. The number of rotatable bonds is 6. The van der Waals surface area contributed by atoms with E-state index in [0.29, 0.717) is 28.7 Å². The Morgan fingerprint density at radius 2 is 1.80 bits per heavy atom. The Morgan fingerprint density at radius 3 is 2.43 bits per heavy atom. The molecule has 1 aliphatic rings. The summed E-state index contributed by atoms with van der Waals surface area (Å²) < 4.78 is 1.10. The number of primary amides is 1. The molecule has 9 heteroatoms. The Labute approximate surface area is 205 Å². The first-order valence-corrected chi connectivity index (χ1v) is 11.8. The van der Waals surface area contributed by atoms with Crippen LogP contribution in [-0.4, -0.2) is 84.4 Å². The lowest BCUT2D eigenvalue weighted by Crippen LogP contribution is -2.48. The second-order valence-electron chi connectivity index (χ2n) is 8.92. The van der Waals surface area contributed by atoms with Crippen LogP contribution in [-0.2, 0) is 11.2 Å². The minimum Gasteiger partial charge on any atom is -0.494 e. The minimum atomic E-state index is -0.756. The number of fused-ring (bicyclic) bond motifs is 1. The van der Waals surface area contributed by atoms with Crippen LogP contribution in [0.2, 0.25) is 0 Å². The molecule has 1 aromatic heterocycles. The minimum absolute atomic E-state index is 0.0430. The number of benzene rings is 2. The van der Waals surface area contributed by atoms with Crippen molar-refractivity contribution < 1.29 is 14.7 Å². The largest absolute Gasteiger partial charge is 0.494 e. The number of anilines is 1. The van der Waals surface area contributed by atoms with Crippen LogP contribution < -0.4 is 10.6 Å². The molecule has 184 valence electrons. The molecule has 0 spiro atoms. The third-order valence-electron chi connectivity index (χ3n) is 6.58. The molecule has 0 unspecified atom stereocenters. The molecule has 1 fully saturated rings. The number of carbonyl (C=O) groups excluding carboxylic acids is 2. The summed E-state index contributed by atoms with van der Waals surface area (Å²) in [6.07, 6.45) is 2.32. The van der Waals surface area contributed by atoms with E-state index in [1.165, 1.54) is 6.21 Å². The van der Waals surface area contributed by atoms with Crippen LogP contribution in [0.3, 0.4) is 0 Å². The van der Waals surface area contributed by atoms with Crippen molar-refractivity contribution in [3.8, 4) is 5.88 Å². The fourth-order valence-corrected chi connectivity index (χ4v) is 4.26. The average molecular weight is 477 g/mol. The quantitative estimate of drug-likeness (QED) is 0.532. The summed E-state index contributed by atoms with van der Waals surface area (Å²) in [5.74, 6) is -0.197. The van der Waals surface area contributed by atoms with Crippen molar-refractivity contribution in [2.24, 2.45) is 10.7 Å². The SMILES string of the molecule is CCc1ccc2c(C=Nc3ccc(N(C)C(=O)CN4CCN(C)CC4)cc3)c(O)n(C(N)=O)c2c1. The number of hydrogen-bond donors (Lipinski definition) is 2. The molecule has 3 aromatic rings. The van der Waals surface area contributed by atoms with Crippen LogP contribution in [0.15, 0.2) is 47.5 Å². The number of aromatic nitrogens is 1. The van der Waals surface area contributed by atoms with E-state index < -0.39 is 6.03 Å². The first kappa shape index (κ1) is 24.4. The highest BCUT2D eigenvalue weighted by atomic mass is 16.3. The van der Waals surface area contributed by atoms with E-state index in [9.17, 15) is 14.7 Å². The van der Waals surface area contributed by atoms with Crippen LogP contribution in [0, 0.1) is 0 Å². The highest BCUT2D eigenvalue weighted by molar-refractivity contribution is 6.07. The molecule has 35 heavy (non-hydrogen) atoms. The van der Waals surface area contributed by atoms with Crippen molar-refractivity contribution in [3.05, 3.63) is 53.6 Å². The molecule has 1 aliphatic heterocycles. The standard InChI is InChI=1S/C26H32N6O3/c1-4-18-5-10-21-22(25(34)32(26(27)35)23(21)15-18)16-28-19-6-8-20(9-7-19)30(3)24(33)17-31-13-11-29(2)12-14-31/h5-10,15-16,34H,4,11-14,17H2,1-3H3,(H2,27,35). The number of aromatic hydroxyl groups is 1. The van der Waals surface area contributed by atoms with Crippen molar-refractivity contribution in [1.29, 1.82) is 0 Å². The van der Waals surface area contributed by atoms with E-state index in [-0.39, 0.29) is 11.8 Å². The molecule has 0 aliphatic carbocycles. The van der Waals surface area contributed by atoms with Crippen LogP contribution in [0.5, 0.6) is 5.88 Å². The van der Waals surface area contributed by atoms with Crippen molar-refractivity contribution in [1.82, 2.24) is 14.4 Å². The number of nitrogens with zero attached hydrogens (tertiary/aromatic N) is 5. The van der Waals surface area contributed by atoms with E-state index in [0.717, 1.165) is 48.4 Å². The van der Waals surface area contributed by atoms with Gasteiger partial charge in [0.1, 0.15) is 0 Å². The normalized spacial score (nSPS) is 15.2. The fourth-order valence-electron chi connectivity index (χ4n) is 4.26. The highest BCUT2D eigenvalue weighted by Crippen LogP contribution is 2.31. The number of amides is 2. The van der Waals surface area contributed by atoms with E-state index >= 15 is 0 Å². The molecule has 2 heterocycles. The Balaban J connectivity index is 1.50. The molecule has 0 atom stereocenters. The van der Waals surface area contributed by atoms with Crippen LogP contribution in [0.25, 0.3) is 10.9 Å². The van der Waals surface area contributed by atoms with Gasteiger partial charge in [0.2, 0.25) is 11.8 Å². The molecule has 0 saturated carbocycles. The maximum absolute atomic E-state index is 12.7. The third kappa shape index (κ3) is 5.21. The summed E-state index contributed by atoms with van der Waals surface area (Å²) in [7, 11) is 3.87. The van der Waals surface area contributed by atoms with E-state index in [1.54, 1.807) is 11.9 Å². The van der Waals surface area contributed by atoms with Gasteiger partial charge >= 0.3 is 6.03 Å². The number of carbonyl (C=O) groups is 2. The number of aryl methyl sites for hydroxylation is 1. The topological polar surface area (TPSA) is 107 Å². The third-order valence-corrected chi connectivity index (χ3v) is 6.58. The van der Waals surface area contributed by atoms with Crippen molar-refractivity contribution in [3.63, 3.8) is 0 Å². The first-order chi connectivity index (χ1) is 16.8. The summed E-state index contributed by atoms with van der Waals surface area (Å²) in [6.45, 7) is 6.13. The molecule has 0 bridgehead atoms. The summed E-state index contributed by atoms with van der Waals surface area (Å²) in [4.78, 5) is 35.3. The molecule has 3 N–H and O–H groups in total. The lowest BCUT2D eigenvalue weighted by molar-refractivity contribution is -0.119. The van der Waals surface area contributed by atoms with Crippen LogP contribution in [0.4, 0.5) is 16.2 Å². The van der Waals surface area contributed by atoms with Crippen molar-refractivity contribution in [2.45, 2.75) is 13.3 Å². The molecule has 9 nitrogen and oxygen atoms in total. The predicted octanol–water partition coefficient (Wildman–Crippen LogP) is 2.80. The molecular formula is C26H32N6O3. The molecule has 2 amide bonds. The number of hydrogen-bond acceptors (Lipinski definition) is 6. The summed E-state index contributed by atoms with van der Waals surface area (Å²) in [6, 6.07) is 12.2. The lowest BCUT2D eigenvalue weighted by Gasteiger charge is -2.32. The predicted molar refractivity (Wildman–Crippen MR) is 139 cm³/mol. The van der Waals surface area contributed by atoms with Gasteiger partial charge in [-0.05, 0) is 49.4 Å². The van der Waals surface area contributed by atoms with Gasteiger partial charge in [-0.3, -0.25) is 14.7 Å². The highest BCUT2D eigenvalue weighted by Gasteiger charge is 2.20. The molecular weight excluding hydrogens is 444 g/mol. The first-order valence-electron chi connectivity index (χ1n) is 11.8. The van der Waals surface area contributed by atoms with Crippen molar-refractivity contribution in [2.75, 3.05) is 51.7 Å². The van der Waals surface area contributed by atoms with Gasteiger partial charge in [0.25, 0.3) is 0 Å². The zero-order valence-corrected chi connectivity index (χ0v) is 20.4. The maximum Gasteiger partial charge on any atom is 0.326 e. The molecule has 1 saturated heterocycles. The van der Waals surface area contributed by atoms with Gasteiger partial charge in [-0.25, -0.2) is 9.36 Å². The second kappa shape index (κ2) is 10.3. The molecule has 4 rings (SSSR count). The van der Waals surface area contributed by atoms with Gasteiger partial charge in [0, 0.05) is 50.5 Å². The van der Waals surface area contributed by atoms with Gasteiger partial charge < -0.3 is 20.6 Å². The maximum atomic E-state index is 12.7. The average Bonchev–Trinajstić information content (AvgIpc) is 3.14. The van der Waals surface area contributed by atoms with Crippen LogP contribution in [0.1, 0.15) is 18.1 Å². The Kier molecular flexibility index (Phi) is 7.18. The summed E-state index contributed by atoms with van der Waals surface area (Å²) >= 11 is 0. The van der Waals surface area contributed by atoms with E-state index in [2.05, 4.69) is 21.8 Å². The van der Waals surface area contributed by atoms with Gasteiger partial charge in [0.15, 0.2) is 0 Å². The molecule has 0 radical (unpaired) electrons. The van der Waals surface area contributed by atoms with Gasteiger partial charge in [-0.15, -0.1) is 0 Å². The van der Waals surface area contributed by atoms with E-state index in [4.69, 9.17) is 5.73 Å². The Bertz CT molecular complexity index is 1260. The number of likely N-dealkylation sites (N-methyl/N-ethyl adjacent to an activating group) is 2. The summed E-state index contributed by atoms with van der Waals surface area (Å²) in [5, 5.41) is 11.4. The number of aliphatic imine (C=N–C) groups is 1. The van der Waals surface area contributed by atoms with Crippen molar-refractivity contribution >= 4 is 40.4 Å². The number of piperazine rings is 1. The summed E-state index contributed by atoms with van der Waals surface area (Å²) in [5.41, 5.74) is 8.94. The van der Waals surface area contributed by atoms with Gasteiger partial charge in [0.05, 0.1) is 23.3 Å².